The first-order valence-corrected chi connectivity index (χ1v) is 14.7. The minimum atomic E-state index is -4.77. The second kappa shape index (κ2) is 12.9. The summed E-state index contributed by atoms with van der Waals surface area (Å²) in [5.74, 6) is -8.10. The summed E-state index contributed by atoms with van der Waals surface area (Å²) in [6.45, 7) is 0. The Morgan fingerprint density at radius 1 is 0.745 bits per heavy atom. The van der Waals surface area contributed by atoms with Crippen molar-refractivity contribution in [1.82, 2.24) is 0 Å². The van der Waals surface area contributed by atoms with Crippen LogP contribution in [0.1, 0.15) is 37.8 Å². The quantitative estimate of drug-likeness (QED) is 0.131. The molecule has 5 rings (SSSR count). The Hall–Kier alpha value is -3.97. The van der Waals surface area contributed by atoms with Crippen LogP contribution in [0.5, 0.6) is 0 Å². The fourth-order valence-corrected chi connectivity index (χ4v) is 6.01. The van der Waals surface area contributed by atoms with Crippen LogP contribution < -0.4 is 16.0 Å². The molecule has 47 heavy (non-hydrogen) atoms. The van der Waals surface area contributed by atoms with Gasteiger partial charge in [-0.1, -0.05) is 29.3 Å². The van der Waals surface area contributed by atoms with Crippen LogP contribution in [0.25, 0.3) is 0 Å². The number of benzene rings is 4. The van der Waals surface area contributed by atoms with Crippen molar-refractivity contribution in [2.75, 3.05) is 16.0 Å². The molecule has 0 radical (unpaired) electrons. The highest BCUT2D eigenvalue weighted by atomic mass is 35.5. The van der Waals surface area contributed by atoms with Gasteiger partial charge < -0.3 is 16.0 Å². The molecular formula is C31H17Cl4F6N3O3. The van der Waals surface area contributed by atoms with E-state index in [-0.39, 0.29) is 27.4 Å². The number of rotatable bonds is 7. The van der Waals surface area contributed by atoms with Gasteiger partial charge in [0, 0.05) is 17.2 Å². The third-order valence-corrected chi connectivity index (χ3v) is 8.75. The lowest BCUT2D eigenvalue weighted by Crippen LogP contribution is -2.19. The van der Waals surface area contributed by atoms with Crippen molar-refractivity contribution in [3.63, 3.8) is 0 Å². The maximum absolute atomic E-state index is 15.2. The Morgan fingerprint density at radius 3 is 2.06 bits per heavy atom. The summed E-state index contributed by atoms with van der Waals surface area (Å²) in [6.07, 6.45) is -4.77. The average Bonchev–Trinajstić information content (AvgIpc) is 3.59. The van der Waals surface area contributed by atoms with Crippen molar-refractivity contribution in [2.45, 2.75) is 16.4 Å². The molecule has 244 valence electrons. The lowest BCUT2D eigenvalue weighted by Gasteiger charge is -2.13. The molecule has 1 aliphatic rings. The van der Waals surface area contributed by atoms with Crippen molar-refractivity contribution in [3.05, 3.63) is 123 Å². The number of alkyl halides is 5. The molecular weight excluding hydrogens is 718 g/mol. The molecule has 0 bridgehead atoms. The van der Waals surface area contributed by atoms with Gasteiger partial charge in [0.25, 0.3) is 11.8 Å². The van der Waals surface area contributed by atoms with Crippen LogP contribution in [0.15, 0.2) is 72.8 Å². The fraction of sp³-hybridized carbons (Fsp3) is 0.129. The van der Waals surface area contributed by atoms with Crippen LogP contribution >= 0.6 is 46.4 Å². The van der Waals surface area contributed by atoms with Crippen LogP contribution in [0.4, 0.5) is 43.4 Å². The smallest absolute Gasteiger partial charge is 0.326 e. The Labute approximate surface area is 281 Å². The van der Waals surface area contributed by atoms with Crippen LogP contribution in [0, 0.1) is 23.4 Å². The third-order valence-electron chi connectivity index (χ3n) is 7.15. The molecule has 1 saturated carbocycles. The lowest BCUT2D eigenvalue weighted by molar-refractivity contribution is -0.137. The van der Waals surface area contributed by atoms with Gasteiger partial charge >= 0.3 is 6.18 Å². The number of hydrogen-bond donors (Lipinski definition) is 3. The monoisotopic (exact) mass is 733 g/mol. The summed E-state index contributed by atoms with van der Waals surface area (Å²) >= 11 is 24.4. The summed E-state index contributed by atoms with van der Waals surface area (Å²) in [6, 6.07) is 12.6. The largest absolute Gasteiger partial charge is 0.417 e. The second-order valence-corrected chi connectivity index (χ2v) is 12.5. The standard InChI is InChI=1S/C31H17Cl4F6N3O3/c32-19-8-6-16(42-29(47)24-23(30(24,34)35)14-3-7-20(33)18(11-14)31(39,40)41)12-17(19)28(46)43-22-10-9-21(37)26(25(22)38)44-27(45)13-1-4-15(36)5-2-13/h1-12,23-24H,(H,42,47)(H,43,46)(H,44,45)/t23-,24+/m0/s1. The van der Waals surface area contributed by atoms with E-state index < -0.39 is 79.5 Å². The highest BCUT2D eigenvalue weighted by Gasteiger charge is 2.67. The van der Waals surface area contributed by atoms with Crippen LogP contribution in [0.3, 0.4) is 0 Å². The molecule has 0 heterocycles. The summed E-state index contributed by atoms with van der Waals surface area (Å²) in [5, 5.41) is 6.05. The van der Waals surface area contributed by atoms with Crippen LogP contribution in [-0.2, 0) is 11.0 Å². The Morgan fingerprint density at radius 2 is 1.40 bits per heavy atom. The SMILES string of the molecule is O=C(Nc1c(F)ccc(NC(=O)c2cc(NC(=O)[C@H]3[C@H](c4ccc(Cl)c(C(F)(F)F)c4)C3(Cl)Cl)ccc2Cl)c1F)c1ccc(F)cc1. The van der Waals surface area contributed by atoms with E-state index in [2.05, 4.69) is 10.6 Å². The van der Waals surface area contributed by atoms with Gasteiger partial charge in [-0.2, -0.15) is 13.2 Å². The van der Waals surface area contributed by atoms with E-state index in [0.29, 0.717) is 0 Å². The lowest BCUT2D eigenvalue weighted by atomic mass is 10.0. The number of amides is 3. The minimum absolute atomic E-state index is 0.00162. The fourth-order valence-electron chi connectivity index (χ4n) is 4.76. The molecule has 3 amide bonds. The molecule has 0 unspecified atom stereocenters. The van der Waals surface area contributed by atoms with Gasteiger partial charge in [0.2, 0.25) is 5.91 Å². The first-order valence-electron chi connectivity index (χ1n) is 13.2. The zero-order valence-corrected chi connectivity index (χ0v) is 26.1. The van der Waals surface area contributed by atoms with Gasteiger partial charge in [-0.3, -0.25) is 14.4 Å². The van der Waals surface area contributed by atoms with Crippen molar-refractivity contribution in [2.24, 2.45) is 5.92 Å². The second-order valence-electron chi connectivity index (χ2n) is 10.2. The van der Waals surface area contributed by atoms with E-state index in [4.69, 9.17) is 46.4 Å². The molecule has 0 aliphatic heterocycles. The molecule has 0 spiro atoms. The number of carbonyl (C=O) groups is 3. The summed E-state index contributed by atoms with van der Waals surface area (Å²) in [5.41, 5.74) is -2.91. The van der Waals surface area contributed by atoms with Crippen LogP contribution in [-0.4, -0.2) is 22.1 Å². The molecule has 16 heteroatoms. The summed E-state index contributed by atoms with van der Waals surface area (Å²) in [7, 11) is 0. The Kier molecular flexibility index (Phi) is 9.44. The van der Waals surface area contributed by atoms with Gasteiger partial charge in [0.1, 0.15) is 21.7 Å². The van der Waals surface area contributed by atoms with E-state index in [1.807, 2.05) is 5.32 Å². The van der Waals surface area contributed by atoms with Gasteiger partial charge in [-0.15, -0.1) is 23.2 Å². The highest BCUT2D eigenvalue weighted by molar-refractivity contribution is 6.53. The van der Waals surface area contributed by atoms with Crippen molar-refractivity contribution >= 4 is 81.2 Å². The normalized spacial score (nSPS) is 16.7. The number of hydrogen-bond acceptors (Lipinski definition) is 3. The first kappa shape index (κ1) is 34.4. The van der Waals surface area contributed by atoms with E-state index in [1.54, 1.807) is 0 Å². The number of carbonyl (C=O) groups excluding carboxylic acids is 3. The molecule has 4 aromatic rings. The summed E-state index contributed by atoms with van der Waals surface area (Å²) in [4.78, 5) is 38.6. The minimum Gasteiger partial charge on any atom is -0.326 e. The van der Waals surface area contributed by atoms with Gasteiger partial charge in [0.05, 0.1) is 32.8 Å². The predicted molar refractivity (Wildman–Crippen MR) is 166 cm³/mol. The topological polar surface area (TPSA) is 87.3 Å². The first-order chi connectivity index (χ1) is 22.0. The maximum Gasteiger partial charge on any atom is 0.417 e. The van der Waals surface area contributed by atoms with Gasteiger partial charge in [-0.25, -0.2) is 13.2 Å². The van der Waals surface area contributed by atoms with Crippen molar-refractivity contribution < 1.29 is 40.7 Å². The van der Waals surface area contributed by atoms with Crippen LogP contribution in [0.2, 0.25) is 10.0 Å². The number of anilines is 3. The third kappa shape index (κ3) is 7.15. The van der Waals surface area contributed by atoms with Gasteiger partial charge in [-0.05, 0) is 72.3 Å². The van der Waals surface area contributed by atoms with E-state index in [0.717, 1.165) is 54.6 Å². The Balaban J connectivity index is 1.32. The number of nitrogens with one attached hydrogen (secondary N) is 3. The van der Waals surface area contributed by atoms with Crippen molar-refractivity contribution in [1.29, 1.82) is 0 Å². The maximum atomic E-state index is 15.2. The zero-order valence-electron chi connectivity index (χ0n) is 23.1. The zero-order chi connectivity index (χ0) is 34.4. The molecule has 4 aromatic carbocycles. The Bertz CT molecular complexity index is 1920. The average molecular weight is 735 g/mol. The predicted octanol–water partition coefficient (Wildman–Crippen LogP) is 9.46. The summed E-state index contributed by atoms with van der Waals surface area (Å²) < 4.78 is 81.2. The molecule has 6 nitrogen and oxygen atoms in total. The molecule has 2 atom stereocenters. The van der Waals surface area contributed by atoms with Crippen molar-refractivity contribution in [3.8, 4) is 0 Å². The number of halogens is 10. The van der Waals surface area contributed by atoms with E-state index in [9.17, 15) is 36.3 Å². The molecule has 1 fully saturated rings. The molecule has 0 saturated heterocycles. The van der Waals surface area contributed by atoms with E-state index >= 15 is 4.39 Å². The molecule has 3 N–H and O–H groups in total. The van der Waals surface area contributed by atoms with E-state index in [1.165, 1.54) is 18.2 Å². The van der Waals surface area contributed by atoms with Gasteiger partial charge in [0.15, 0.2) is 5.82 Å². The highest BCUT2D eigenvalue weighted by Crippen LogP contribution is 2.65. The molecule has 0 aromatic heterocycles. The molecule has 1 aliphatic carbocycles.